The summed E-state index contributed by atoms with van der Waals surface area (Å²) in [6.07, 6.45) is -8.06. The van der Waals surface area contributed by atoms with Crippen LogP contribution in [0.15, 0.2) is 0 Å². The quantitative estimate of drug-likeness (QED) is 0.249. The van der Waals surface area contributed by atoms with Crippen molar-refractivity contribution in [3.8, 4) is 0 Å². The molecule has 0 saturated carbocycles. The summed E-state index contributed by atoms with van der Waals surface area (Å²) < 4.78 is 290. The van der Waals surface area contributed by atoms with Crippen molar-refractivity contribution in [1.82, 2.24) is 0 Å². The highest BCUT2D eigenvalue weighted by Gasteiger charge is 3.01. The number of hydrogen-bond acceptors (Lipinski definition) is 2. The van der Waals surface area contributed by atoms with Crippen LogP contribution in [-0.2, 0) is 9.53 Å². The molecule has 1 atom stereocenters. The van der Waals surface area contributed by atoms with E-state index in [9.17, 15) is 101 Å². The van der Waals surface area contributed by atoms with E-state index in [0.717, 1.165) is 0 Å². The van der Waals surface area contributed by atoms with Gasteiger partial charge in [-0.15, -0.1) is 0 Å². The molecule has 1 rings (SSSR count). The standard InChI is InChI=1S/C12F22O2/c13-2(14)1(35)36-11(31,3(2,15)16)9(27,28)7(23,24)5(19,20)4(17,18)6(21,22)8(25,26)10(29,30)12(32,33)34. The highest BCUT2D eigenvalue weighted by Crippen LogP contribution is 2.68. The van der Waals surface area contributed by atoms with E-state index < -0.39 is 71.3 Å². The smallest absolute Gasteiger partial charge is 0.412 e. The van der Waals surface area contributed by atoms with Crippen LogP contribution in [0.2, 0.25) is 0 Å². The van der Waals surface area contributed by atoms with Gasteiger partial charge in [0.05, 0.1) is 0 Å². The van der Waals surface area contributed by atoms with Crippen LogP contribution in [0, 0.1) is 0 Å². The van der Waals surface area contributed by atoms with Crippen molar-refractivity contribution >= 4 is 5.97 Å². The minimum absolute atomic E-state index is 1.87. The summed E-state index contributed by atoms with van der Waals surface area (Å²) in [6.45, 7) is 0. The number of rotatable bonds is 7. The Bertz CT molecular complexity index is 897. The Morgan fingerprint density at radius 3 is 1.00 bits per heavy atom. The van der Waals surface area contributed by atoms with Crippen molar-refractivity contribution in [3.63, 3.8) is 0 Å². The molecule has 1 unspecified atom stereocenters. The van der Waals surface area contributed by atoms with Gasteiger partial charge in [-0.25, -0.2) is 4.79 Å². The number of hydrogen-bond donors (Lipinski definition) is 0. The highest BCUT2D eigenvalue weighted by molar-refractivity contribution is 5.82. The second kappa shape index (κ2) is 7.28. The van der Waals surface area contributed by atoms with Crippen molar-refractivity contribution in [2.75, 3.05) is 0 Å². The SMILES string of the molecule is O=C1OC(F)(C(F)(F)C(F)(F)C(F)(F)C(F)(F)C(F)(F)C(F)(F)C(F)(F)C(F)(F)F)C(F)(F)C1(F)F. The van der Waals surface area contributed by atoms with Crippen LogP contribution in [0.1, 0.15) is 0 Å². The van der Waals surface area contributed by atoms with Gasteiger partial charge in [0.1, 0.15) is 0 Å². The monoisotopic (exact) mass is 594 g/mol. The van der Waals surface area contributed by atoms with Gasteiger partial charge in [-0.3, -0.25) is 0 Å². The topological polar surface area (TPSA) is 26.3 Å². The van der Waals surface area contributed by atoms with Crippen molar-refractivity contribution in [1.29, 1.82) is 0 Å². The Morgan fingerprint density at radius 1 is 0.472 bits per heavy atom. The van der Waals surface area contributed by atoms with Gasteiger partial charge in [0.15, 0.2) is 0 Å². The molecule has 0 amide bonds. The maximum absolute atomic E-state index is 13.8. The second-order valence-corrected chi connectivity index (χ2v) is 6.65. The van der Waals surface area contributed by atoms with Crippen molar-refractivity contribution in [2.24, 2.45) is 0 Å². The predicted molar refractivity (Wildman–Crippen MR) is 60.5 cm³/mol. The molecule has 24 heteroatoms. The molecule has 0 aromatic rings. The Morgan fingerprint density at radius 2 is 0.750 bits per heavy atom. The molecular formula is C12F22O2. The zero-order valence-electron chi connectivity index (χ0n) is 15.1. The Balaban J connectivity index is 3.86. The lowest BCUT2D eigenvalue weighted by atomic mass is 9.85. The van der Waals surface area contributed by atoms with Gasteiger partial charge in [-0.2, -0.15) is 96.6 Å². The molecule has 1 aliphatic heterocycles. The number of cyclic esters (lactones) is 1. The van der Waals surface area contributed by atoms with Crippen LogP contribution >= 0.6 is 0 Å². The van der Waals surface area contributed by atoms with Gasteiger partial charge < -0.3 is 4.74 Å². The van der Waals surface area contributed by atoms with Gasteiger partial charge in [0, 0.05) is 0 Å². The fraction of sp³-hybridized carbons (Fsp3) is 0.917. The van der Waals surface area contributed by atoms with Crippen molar-refractivity contribution in [2.45, 2.75) is 65.3 Å². The lowest BCUT2D eigenvalue weighted by Gasteiger charge is -2.44. The number of carbonyl (C=O) groups excluding carboxylic acids is 1. The molecule has 1 heterocycles. The van der Waals surface area contributed by atoms with Gasteiger partial charge >= 0.3 is 71.3 Å². The second-order valence-electron chi connectivity index (χ2n) is 6.65. The lowest BCUT2D eigenvalue weighted by molar-refractivity contribution is -0.477. The lowest BCUT2D eigenvalue weighted by Crippen LogP contribution is -2.77. The van der Waals surface area contributed by atoms with E-state index in [1.165, 1.54) is 0 Å². The summed E-state index contributed by atoms with van der Waals surface area (Å²) in [7, 11) is 0. The Labute approximate surface area is 179 Å². The third kappa shape index (κ3) is 3.12. The molecule has 0 spiro atoms. The third-order valence-electron chi connectivity index (χ3n) is 4.41. The molecule has 0 aliphatic carbocycles. The summed E-state index contributed by atoms with van der Waals surface area (Å²) in [6, 6.07) is 0. The zero-order chi connectivity index (χ0) is 29.8. The van der Waals surface area contributed by atoms with E-state index in [-0.39, 0.29) is 0 Å². The molecule has 1 saturated heterocycles. The molecule has 0 N–H and O–H groups in total. The predicted octanol–water partition coefficient (Wildman–Crippen LogP) is 6.49. The van der Waals surface area contributed by atoms with E-state index in [1.807, 2.05) is 4.74 Å². The normalized spacial score (nSPS) is 24.7. The van der Waals surface area contributed by atoms with Gasteiger partial charge in [0.2, 0.25) is 0 Å². The molecule has 0 aromatic heterocycles. The number of halogens is 22. The van der Waals surface area contributed by atoms with Crippen molar-refractivity contribution in [3.05, 3.63) is 0 Å². The third-order valence-corrected chi connectivity index (χ3v) is 4.41. The van der Waals surface area contributed by atoms with Gasteiger partial charge in [0.25, 0.3) is 0 Å². The largest absolute Gasteiger partial charge is 0.460 e. The molecule has 0 bridgehead atoms. The first-order chi connectivity index (χ1) is 15.1. The first kappa shape index (κ1) is 32.0. The maximum atomic E-state index is 13.8. The van der Waals surface area contributed by atoms with E-state index in [4.69, 9.17) is 0 Å². The van der Waals surface area contributed by atoms with Gasteiger partial charge in [-0.05, 0) is 0 Å². The first-order valence-electron chi connectivity index (χ1n) is 7.52. The van der Waals surface area contributed by atoms with E-state index in [0.29, 0.717) is 0 Å². The molecule has 1 fully saturated rings. The Kier molecular flexibility index (Phi) is 6.46. The Hall–Kier alpha value is -2.07. The van der Waals surface area contributed by atoms with Crippen LogP contribution in [-0.4, -0.2) is 71.3 Å². The van der Waals surface area contributed by atoms with Crippen LogP contribution in [0.5, 0.6) is 0 Å². The number of alkyl halides is 22. The average molecular weight is 594 g/mol. The maximum Gasteiger partial charge on any atom is 0.460 e. The molecule has 1 aliphatic rings. The first-order valence-corrected chi connectivity index (χ1v) is 7.52. The summed E-state index contributed by atoms with van der Waals surface area (Å²) in [5.41, 5.74) is 0. The fourth-order valence-corrected chi connectivity index (χ4v) is 2.21. The van der Waals surface area contributed by atoms with E-state index in [2.05, 4.69) is 0 Å². The van der Waals surface area contributed by atoms with E-state index >= 15 is 0 Å². The summed E-state index contributed by atoms with van der Waals surface area (Å²) in [5.74, 6) is -90.0. The summed E-state index contributed by atoms with van der Waals surface area (Å²) in [5, 5.41) is 0. The average Bonchev–Trinajstić information content (AvgIpc) is 2.77. The van der Waals surface area contributed by atoms with Crippen molar-refractivity contribution < 1.29 is 106 Å². The van der Waals surface area contributed by atoms with Crippen LogP contribution in [0.25, 0.3) is 0 Å². The van der Waals surface area contributed by atoms with Crippen LogP contribution < -0.4 is 0 Å². The highest BCUT2D eigenvalue weighted by atomic mass is 19.4. The molecule has 214 valence electrons. The molecule has 2 nitrogen and oxygen atoms in total. The van der Waals surface area contributed by atoms with Crippen LogP contribution in [0.4, 0.5) is 96.6 Å². The number of esters is 1. The van der Waals surface area contributed by atoms with Crippen LogP contribution in [0.3, 0.4) is 0 Å². The van der Waals surface area contributed by atoms with E-state index in [1.54, 1.807) is 0 Å². The molecule has 36 heavy (non-hydrogen) atoms. The molecular weight excluding hydrogens is 594 g/mol. The minimum Gasteiger partial charge on any atom is -0.412 e. The number of ether oxygens (including phenoxy) is 1. The van der Waals surface area contributed by atoms with Gasteiger partial charge in [-0.1, -0.05) is 0 Å². The molecule has 0 aromatic carbocycles. The number of carbonyl (C=O) groups is 1. The summed E-state index contributed by atoms with van der Waals surface area (Å²) >= 11 is 0. The summed E-state index contributed by atoms with van der Waals surface area (Å²) in [4.78, 5) is 10.4. The minimum atomic E-state index is -9.29. The fourth-order valence-electron chi connectivity index (χ4n) is 2.21. The molecule has 0 radical (unpaired) electrons. The zero-order valence-corrected chi connectivity index (χ0v) is 15.1.